The molecule has 7 nitrogen and oxygen atoms in total. The van der Waals surface area contributed by atoms with Crippen molar-refractivity contribution >= 4 is 33.2 Å². The van der Waals surface area contributed by atoms with E-state index >= 15 is 0 Å². The van der Waals surface area contributed by atoms with Gasteiger partial charge in [-0.1, -0.05) is 58.2 Å². The van der Waals surface area contributed by atoms with Crippen LogP contribution in [0.4, 0.5) is 0 Å². The topological polar surface area (TPSA) is 79.5 Å². The number of benzene rings is 2. The molecular formula is C20H20Cl2N4O3S. The van der Waals surface area contributed by atoms with Gasteiger partial charge in [-0.2, -0.15) is 9.29 Å². The molecule has 158 valence electrons. The Morgan fingerprint density at radius 1 is 1.07 bits per heavy atom. The molecule has 0 radical (unpaired) electrons. The monoisotopic (exact) mass is 466 g/mol. The molecule has 0 unspecified atom stereocenters. The Bertz CT molecular complexity index is 1160. The quantitative estimate of drug-likeness (QED) is 0.567. The van der Waals surface area contributed by atoms with Crippen LogP contribution in [0.5, 0.6) is 0 Å². The fourth-order valence-electron chi connectivity index (χ4n) is 3.36. The zero-order valence-electron chi connectivity index (χ0n) is 16.3. The lowest BCUT2D eigenvalue weighted by Crippen LogP contribution is -2.48. The molecule has 2 heterocycles. The number of aryl methyl sites for hydroxylation is 1. The minimum absolute atomic E-state index is 0.0322. The maximum atomic E-state index is 12.9. The van der Waals surface area contributed by atoms with Crippen LogP contribution in [0.25, 0.3) is 11.4 Å². The van der Waals surface area contributed by atoms with Crippen LogP contribution in [0.3, 0.4) is 0 Å². The molecule has 0 spiro atoms. The lowest BCUT2D eigenvalue weighted by Gasteiger charge is -2.33. The van der Waals surface area contributed by atoms with E-state index in [-0.39, 0.29) is 14.9 Å². The number of nitrogens with zero attached hydrogens (tertiary/aromatic N) is 4. The van der Waals surface area contributed by atoms with Crippen molar-refractivity contribution in [3.8, 4) is 11.4 Å². The molecule has 0 atom stereocenters. The number of hydrogen-bond donors (Lipinski definition) is 0. The highest BCUT2D eigenvalue weighted by Gasteiger charge is 2.31. The number of rotatable bonds is 5. The molecule has 10 heteroatoms. The van der Waals surface area contributed by atoms with Gasteiger partial charge in [-0.05, 0) is 25.1 Å². The molecule has 0 saturated carbocycles. The van der Waals surface area contributed by atoms with Gasteiger partial charge in [0, 0.05) is 31.7 Å². The van der Waals surface area contributed by atoms with Crippen LogP contribution in [0.15, 0.2) is 51.9 Å². The molecule has 1 aromatic heterocycles. The smallest absolute Gasteiger partial charge is 0.244 e. The van der Waals surface area contributed by atoms with E-state index in [1.165, 1.54) is 10.4 Å². The van der Waals surface area contributed by atoms with Gasteiger partial charge in [0.25, 0.3) is 0 Å². The molecule has 1 fully saturated rings. The second-order valence-electron chi connectivity index (χ2n) is 7.11. The second kappa shape index (κ2) is 8.64. The summed E-state index contributed by atoms with van der Waals surface area (Å²) in [6, 6.07) is 12.5. The third-order valence-electron chi connectivity index (χ3n) is 4.97. The Labute approximate surface area is 185 Å². The third-order valence-corrected chi connectivity index (χ3v) is 7.84. The summed E-state index contributed by atoms with van der Waals surface area (Å²) < 4.78 is 32.7. The van der Waals surface area contributed by atoms with E-state index in [1.54, 1.807) is 12.1 Å². The molecule has 4 rings (SSSR count). The van der Waals surface area contributed by atoms with Crippen molar-refractivity contribution in [2.45, 2.75) is 18.4 Å². The molecule has 0 amide bonds. The first kappa shape index (κ1) is 21.3. The first-order valence-electron chi connectivity index (χ1n) is 9.41. The van der Waals surface area contributed by atoms with Crippen molar-refractivity contribution in [3.63, 3.8) is 0 Å². The zero-order chi connectivity index (χ0) is 21.3. The van der Waals surface area contributed by atoms with E-state index < -0.39 is 10.0 Å². The first-order valence-corrected chi connectivity index (χ1v) is 11.6. The first-order chi connectivity index (χ1) is 14.3. The SMILES string of the molecule is Cc1cccc(-c2noc(CN3CCN(S(=O)(=O)c4cccc(Cl)c4Cl)CC3)n2)c1. The van der Waals surface area contributed by atoms with Gasteiger partial charge in [0.15, 0.2) is 0 Å². The summed E-state index contributed by atoms with van der Waals surface area (Å²) in [4.78, 5) is 6.58. The van der Waals surface area contributed by atoms with Crippen LogP contribution >= 0.6 is 23.2 Å². The lowest BCUT2D eigenvalue weighted by molar-refractivity contribution is 0.163. The molecule has 0 aliphatic carbocycles. The molecule has 0 N–H and O–H groups in total. The molecule has 30 heavy (non-hydrogen) atoms. The second-order valence-corrected chi connectivity index (χ2v) is 9.80. The van der Waals surface area contributed by atoms with E-state index in [0.717, 1.165) is 11.1 Å². The van der Waals surface area contributed by atoms with Crippen molar-refractivity contribution in [1.29, 1.82) is 0 Å². The molecule has 0 bridgehead atoms. The molecule has 1 saturated heterocycles. The van der Waals surface area contributed by atoms with Crippen LogP contribution < -0.4 is 0 Å². The normalized spacial score (nSPS) is 16.1. The summed E-state index contributed by atoms with van der Waals surface area (Å²) in [6.07, 6.45) is 0. The number of aromatic nitrogens is 2. The van der Waals surface area contributed by atoms with Gasteiger partial charge < -0.3 is 4.52 Å². The fourth-order valence-corrected chi connectivity index (χ4v) is 5.52. The maximum Gasteiger partial charge on any atom is 0.244 e. The minimum atomic E-state index is -3.71. The Hall–Kier alpha value is -1.97. The van der Waals surface area contributed by atoms with Crippen LogP contribution in [-0.4, -0.2) is 53.9 Å². The average Bonchev–Trinajstić information content (AvgIpc) is 3.19. The van der Waals surface area contributed by atoms with E-state index in [1.807, 2.05) is 31.2 Å². The average molecular weight is 467 g/mol. The Kier molecular flexibility index (Phi) is 6.13. The Morgan fingerprint density at radius 2 is 1.80 bits per heavy atom. The van der Waals surface area contributed by atoms with Crippen molar-refractivity contribution in [2.75, 3.05) is 26.2 Å². The summed E-state index contributed by atoms with van der Waals surface area (Å²) in [5.74, 6) is 1.05. The van der Waals surface area contributed by atoms with Crippen molar-refractivity contribution in [3.05, 3.63) is 64.0 Å². The van der Waals surface area contributed by atoms with Crippen LogP contribution in [0, 0.1) is 6.92 Å². The maximum absolute atomic E-state index is 12.9. The summed E-state index contributed by atoms with van der Waals surface area (Å²) in [6.45, 7) is 4.23. The van der Waals surface area contributed by atoms with Gasteiger partial charge >= 0.3 is 0 Å². The van der Waals surface area contributed by atoms with Gasteiger partial charge in [-0.3, -0.25) is 4.90 Å². The van der Waals surface area contributed by atoms with Crippen LogP contribution in [0.2, 0.25) is 10.0 Å². The molecule has 1 aliphatic heterocycles. The predicted octanol–water partition coefficient (Wildman–Crippen LogP) is 3.86. The number of hydrogen-bond acceptors (Lipinski definition) is 6. The van der Waals surface area contributed by atoms with Gasteiger partial charge in [0.1, 0.15) is 4.90 Å². The van der Waals surface area contributed by atoms with Crippen molar-refractivity contribution in [1.82, 2.24) is 19.3 Å². The molecule has 2 aromatic carbocycles. The molecule has 1 aliphatic rings. The molecule has 3 aromatic rings. The van der Waals surface area contributed by atoms with Crippen LogP contribution in [-0.2, 0) is 16.6 Å². The minimum Gasteiger partial charge on any atom is -0.338 e. The van der Waals surface area contributed by atoms with Gasteiger partial charge in [-0.15, -0.1) is 0 Å². The van der Waals surface area contributed by atoms with Gasteiger partial charge in [0.05, 0.1) is 16.6 Å². The summed E-state index contributed by atoms with van der Waals surface area (Å²) in [7, 11) is -3.71. The summed E-state index contributed by atoms with van der Waals surface area (Å²) >= 11 is 12.1. The fraction of sp³-hybridized carbons (Fsp3) is 0.300. The number of piperazine rings is 1. The predicted molar refractivity (Wildman–Crippen MR) is 115 cm³/mol. The summed E-state index contributed by atoms with van der Waals surface area (Å²) in [5, 5.41) is 4.33. The third kappa shape index (κ3) is 4.38. The highest BCUT2D eigenvalue weighted by Crippen LogP contribution is 2.31. The number of sulfonamides is 1. The van der Waals surface area contributed by atoms with Gasteiger partial charge in [0.2, 0.25) is 21.7 Å². The van der Waals surface area contributed by atoms with Crippen LogP contribution in [0.1, 0.15) is 11.5 Å². The largest absolute Gasteiger partial charge is 0.338 e. The van der Waals surface area contributed by atoms with E-state index in [2.05, 4.69) is 15.0 Å². The van der Waals surface area contributed by atoms with Gasteiger partial charge in [-0.25, -0.2) is 8.42 Å². The molecular weight excluding hydrogens is 447 g/mol. The lowest BCUT2D eigenvalue weighted by atomic mass is 10.1. The Morgan fingerprint density at radius 3 is 2.53 bits per heavy atom. The number of halogens is 2. The standard InChI is InChI=1S/C20H20Cl2N4O3S/c1-14-4-2-5-15(12-14)20-23-18(29-24-20)13-25-8-10-26(11-9-25)30(27,28)17-7-3-6-16(21)19(17)22/h2-7,12H,8-11,13H2,1H3. The van der Waals surface area contributed by atoms with Crippen molar-refractivity contribution in [2.24, 2.45) is 0 Å². The highest BCUT2D eigenvalue weighted by molar-refractivity contribution is 7.89. The zero-order valence-corrected chi connectivity index (χ0v) is 18.6. The Balaban J connectivity index is 1.40. The summed E-state index contributed by atoms with van der Waals surface area (Å²) in [5.41, 5.74) is 2.02. The highest BCUT2D eigenvalue weighted by atomic mass is 35.5. The van der Waals surface area contributed by atoms with E-state index in [9.17, 15) is 8.42 Å². The van der Waals surface area contributed by atoms with E-state index in [0.29, 0.717) is 44.4 Å². The van der Waals surface area contributed by atoms with E-state index in [4.69, 9.17) is 27.7 Å². The van der Waals surface area contributed by atoms with Crippen molar-refractivity contribution < 1.29 is 12.9 Å².